The molecule has 0 aliphatic rings. The van der Waals surface area contributed by atoms with E-state index in [4.69, 9.17) is 14.6 Å². The molecule has 10 heteroatoms. The van der Waals surface area contributed by atoms with Gasteiger partial charge in [0, 0.05) is 12.2 Å². The lowest BCUT2D eigenvalue weighted by molar-refractivity contribution is 0.0336. The third-order valence-corrected chi connectivity index (χ3v) is 4.14. The molecule has 0 saturated heterocycles. The van der Waals surface area contributed by atoms with Gasteiger partial charge in [0.05, 0.1) is 25.3 Å². The van der Waals surface area contributed by atoms with Crippen LogP contribution in [0.25, 0.3) is 0 Å². The lowest BCUT2D eigenvalue weighted by Gasteiger charge is -2.12. The molecule has 0 aliphatic heterocycles. The van der Waals surface area contributed by atoms with E-state index in [1.165, 1.54) is 19.1 Å². The maximum atomic E-state index is 12.3. The number of ether oxygens (including phenoxy) is 2. The smallest absolute Gasteiger partial charge is 0.340 e. The van der Waals surface area contributed by atoms with E-state index in [0.717, 1.165) is 4.57 Å². The maximum Gasteiger partial charge on any atom is 0.340 e. The van der Waals surface area contributed by atoms with Gasteiger partial charge in [0.2, 0.25) is 5.88 Å². The van der Waals surface area contributed by atoms with Gasteiger partial charge < -0.3 is 19.7 Å². The SMILES string of the molecule is CCOCCOC(=O)c1ccccc1/N=N/c1c(C)c(C#N)c(=O)n(CCO)c1O. The number of benzene rings is 1. The molecule has 2 rings (SSSR count). The Balaban J connectivity index is 2.42. The molecule has 0 radical (unpaired) electrons. The summed E-state index contributed by atoms with van der Waals surface area (Å²) in [6.45, 7) is 3.49. The van der Waals surface area contributed by atoms with Crippen molar-refractivity contribution in [2.24, 2.45) is 10.2 Å². The quantitative estimate of drug-likeness (QED) is 0.364. The molecule has 2 N–H and O–H groups in total. The van der Waals surface area contributed by atoms with Crippen molar-refractivity contribution in [2.45, 2.75) is 20.4 Å². The number of hydrogen-bond donors (Lipinski definition) is 2. The van der Waals surface area contributed by atoms with Crippen molar-refractivity contribution in [3.8, 4) is 11.9 Å². The summed E-state index contributed by atoms with van der Waals surface area (Å²) >= 11 is 0. The molecule has 0 unspecified atom stereocenters. The number of aromatic hydroxyl groups is 1. The van der Waals surface area contributed by atoms with Crippen LogP contribution in [0.4, 0.5) is 11.4 Å². The highest BCUT2D eigenvalue weighted by Crippen LogP contribution is 2.32. The molecule has 0 aliphatic carbocycles. The van der Waals surface area contributed by atoms with Crippen molar-refractivity contribution < 1.29 is 24.5 Å². The number of hydrogen-bond acceptors (Lipinski definition) is 9. The van der Waals surface area contributed by atoms with Gasteiger partial charge in [0.1, 0.15) is 23.9 Å². The number of pyridine rings is 1. The molecule has 1 aromatic carbocycles. The molecular formula is C20H22N4O6. The number of nitrogens with zero attached hydrogens (tertiary/aromatic N) is 4. The van der Waals surface area contributed by atoms with Crippen LogP contribution in [-0.4, -0.2) is 47.2 Å². The summed E-state index contributed by atoms with van der Waals surface area (Å²) in [5.41, 5.74) is -0.610. The van der Waals surface area contributed by atoms with Gasteiger partial charge >= 0.3 is 5.97 Å². The first-order valence-electron chi connectivity index (χ1n) is 9.19. The van der Waals surface area contributed by atoms with Crippen molar-refractivity contribution in [3.05, 3.63) is 51.3 Å². The molecule has 158 valence electrons. The number of carbonyl (C=O) groups is 1. The number of aromatic nitrogens is 1. The molecule has 2 aromatic rings. The second-order valence-corrected chi connectivity index (χ2v) is 6.01. The number of azo groups is 1. The van der Waals surface area contributed by atoms with E-state index in [1.807, 2.05) is 6.92 Å². The van der Waals surface area contributed by atoms with E-state index in [1.54, 1.807) is 18.2 Å². The average Bonchev–Trinajstić information content (AvgIpc) is 2.74. The maximum absolute atomic E-state index is 12.3. The summed E-state index contributed by atoms with van der Waals surface area (Å²) in [5.74, 6) is -1.15. The zero-order chi connectivity index (χ0) is 22.1. The predicted molar refractivity (Wildman–Crippen MR) is 106 cm³/mol. The molecule has 1 heterocycles. The summed E-state index contributed by atoms with van der Waals surface area (Å²) in [4.78, 5) is 24.6. The van der Waals surface area contributed by atoms with Gasteiger partial charge in [0.25, 0.3) is 5.56 Å². The van der Waals surface area contributed by atoms with Gasteiger partial charge in [-0.3, -0.25) is 9.36 Å². The lowest BCUT2D eigenvalue weighted by atomic mass is 10.1. The largest absolute Gasteiger partial charge is 0.493 e. The zero-order valence-electron chi connectivity index (χ0n) is 16.7. The Morgan fingerprint density at radius 2 is 2.00 bits per heavy atom. The molecule has 1 aromatic heterocycles. The summed E-state index contributed by atoms with van der Waals surface area (Å²) in [5, 5.41) is 36.8. The number of carbonyl (C=O) groups excluding carboxylic acids is 1. The van der Waals surface area contributed by atoms with Gasteiger partial charge in [0.15, 0.2) is 5.69 Å². The Kier molecular flexibility index (Phi) is 8.22. The van der Waals surface area contributed by atoms with Crippen molar-refractivity contribution in [2.75, 3.05) is 26.4 Å². The summed E-state index contributed by atoms with van der Waals surface area (Å²) in [6.07, 6.45) is 0. The summed E-state index contributed by atoms with van der Waals surface area (Å²) in [6, 6.07) is 8.10. The van der Waals surface area contributed by atoms with E-state index in [9.17, 15) is 20.0 Å². The molecule has 0 atom stereocenters. The van der Waals surface area contributed by atoms with Crippen molar-refractivity contribution >= 4 is 17.3 Å². The van der Waals surface area contributed by atoms with Gasteiger partial charge in [-0.05, 0) is 26.0 Å². The fraction of sp³-hybridized carbons (Fsp3) is 0.350. The van der Waals surface area contributed by atoms with Crippen molar-refractivity contribution in [3.63, 3.8) is 0 Å². The molecule has 0 saturated carbocycles. The molecule has 0 bridgehead atoms. The van der Waals surface area contributed by atoms with E-state index in [-0.39, 0.29) is 47.8 Å². The molecule has 0 amide bonds. The van der Waals surface area contributed by atoms with Crippen molar-refractivity contribution in [1.29, 1.82) is 5.26 Å². The normalized spacial score (nSPS) is 10.9. The first-order chi connectivity index (χ1) is 14.5. The third kappa shape index (κ3) is 5.08. The fourth-order valence-corrected chi connectivity index (χ4v) is 2.62. The molecule has 10 nitrogen and oxygen atoms in total. The zero-order valence-corrected chi connectivity index (χ0v) is 16.7. The average molecular weight is 414 g/mol. The monoisotopic (exact) mass is 414 g/mol. The first-order valence-corrected chi connectivity index (χ1v) is 9.19. The highest BCUT2D eigenvalue weighted by Gasteiger charge is 2.19. The van der Waals surface area contributed by atoms with Crippen LogP contribution in [0.2, 0.25) is 0 Å². The van der Waals surface area contributed by atoms with Crippen LogP contribution in [0.3, 0.4) is 0 Å². The van der Waals surface area contributed by atoms with Crippen LogP contribution in [-0.2, 0) is 16.0 Å². The van der Waals surface area contributed by atoms with Crippen LogP contribution in [0.1, 0.15) is 28.4 Å². The minimum absolute atomic E-state index is 0.0791. The third-order valence-electron chi connectivity index (χ3n) is 4.14. The first kappa shape index (κ1) is 22.7. The summed E-state index contributed by atoms with van der Waals surface area (Å²) < 4.78 is 11.1. The van der Waals surface area contributed by atoms with Crippen LogP contribution in [0.15, 0.2) is 39.3 Å². The van der Waals surface area contributed by atoms with Gasteiger partial charge in [-0.15, -0.1) is 10.2 Å². The predicted octanol–water partition coefficient (Wildman–Crippen LogP) is 2.34. The second kappa shape index (κ2) is 10.8. The highest BCUT2D eigenvalue weighted by molar-refractivity contribution is 5.94. The minimum atomic E-state index is -0.737. The molecule has 30 heavy (non-hydrogen) atoms. The number of rotatable bonds is 9. The fourth-order valence-electron chi connectivity index (χ4n) is 2.62. The topological polar surface area (TPSA) is 146 Å². The van der Waals surface area contributed by atoms with E-state index < -0.39 is 24.0 Å². The Morgan fingerprint density at radius 1 is 1.27 bits per heavy atom. The summed E-state index contributed by atoms with van der Waals surface area (Å²) in [7, 11) is 0. The van der Waals surface area contributed by atoms with Crippen molar-refractivity contribution in [1.82, 2.24) is 4.57 Å². The number of nitriles is 1. The van der Waals surface area contributed by atoms with E-state index in [2.05, 4.69) is 10.2 Å². The van der Waals surface area contributed by atoms with Gasteiger partial charge in [-0.25, -0.2) is 4.79 Å². The minimum Gasteiger partial charge on any atom is -0.493 e. The van der Waals surface area contributed by atoms with Gasteiger partial charge in [-0.2, -0.15) is 5.26 Å². The second-order valence-electron chi connectivity index (χ2n) is 6.01. The van der Waals surface area contributed by atoms with Crippen LogP contribution < -0.4 is 5.56 Å². The van der Waals surface area contributed by atoms with Crippen LogP contribution in [0.5, 0.6) is 5.88 Å². The van der Waals surface area contributed by atoms with E-state index >= 15 is 0 Å². The number of aliphatic hydroxyl groups is 1. The molecule has 0 fully saturated rings. The van der Waals surface area contributed by atoms with Crippen LogP contribution >= 0.6 is 0 Å². The molecule has 0 spiro atoms. The Hall–Kier alpha value is -3.55. The van der Waals surface area contributed by atoms with Gasteiger partial charge in [-0.1, -0.05) is 12.1 Å². The van der Waals surface area contributed by atoms with Crippen LogP contribution in [0, 0.1) is 18.3 Å². The Labute approximate surface area is 172 Å². The number of esters is 1. The highest BCUT2D eigenvalue weighted by atomic mass is 16.6. The Bertz CT molecular complexity index is 1040. The standard InChI is InChI=1S/C20H22N4O6/c1-3-29-10-11-30-20(28)14-6-4-5-7-16(14)22-23-17-13(2)15(12-21)18(26)24(8-9-25)19(17)27/h4-7,25,27H,3,8-11H2,1-2H3/b23-22+. The Morgan fingerprint density at radius 3 is 2.67 bits per heavy atom. The molecular weight excluding hydrogens is 392 g/mol. The lowest BCUT2D eigenvalue weighted by Crippen LogP contribution is -2.25. The van der Waals surface area contributed by atoms with E-state index in [0.29, 0.717) is 6.61 Å². The number of aliphatic hydroxyl groups excluding tert-OH is 1.